The molecule has 136 valence electrons. The van der Waals surface area contributed by atoms with Crippen LogP contribution in [0.5, 0.6) is 5.75 Å². The molecular formula is C18H23BrNO4P. The second-order valence-electron chi connectivity index (χ2n) is 5.21. The first-order valence-corrected chi connectivity index (χ1v) is 10.5. The molecule has 0 fully saturated rings. The highest BCUT2D eigenvalue weighted by atomic mass is 79.9. The predicted molar refractivity (Wildman–Crippen MR) is 104 cm³/mol. The van der Waals surface area contributed by atoms with Gasteiger partial charge in [-0.3, -0.25) is 4.57 Å². The van der Waals surface area contributed by atoms with E-state index in [0.717, 1.165) is 15.7 Å². The van der Waals surface area contributed by atoms with Gasteiger partial charge in [-0.1, -0.05) is 28.1 Å². The summed E-state index contributed by atoms with van der Waals surface area (Å²) in [5, 5.41) is 3.29. The van der Waals surface area contributed by atoms with Crippen LogP contribution in [0.2, 0.25) is 0 Å². The predicted octanol–water partition coefficient (Wildman–Crippen LogP) is 5.83. The Morgan fingerprint density at radius 2 is 1.72 bits per heavy atom. The van der Waals surface area contributed by atoms with Gasteiger partial charge < -0.3 is 19.1 Å². The first-order valence-electron chi connectivity index (χ1n) is 8.07. The van der Waals surface area contributed by atoms with Crippen LogP contribution in [-0.2, 0) is 13.6 Å². The lowest BCUT2D eigenvalue weighted by atomic mass is 10.2. The van der Waals surface area contributed by atoms with E-state index in [4.69, 9.17) is 13.8 Å². The molecule has 0 aliphatic rings. The number of nitrogens with one attached hydrogen (secondary N) is 1. The van der Waals surface area contributed by atoms with E-state index < -0.39 is 13.4 Å². The molecule has 1 unspecified atom stereocenters. The van der Waals surface area contributed by atoms with Crippen molar-refractivity contribution in [1.29, 1.82) is 0 Å². The van der Waals surface area contributed by atoms with Crippen LogP contribution in [0.3, 0.4) is 0 Å². The molecule has 0 aliphatic heterocycles. The van der Waals surface area contributed by atoms with Crippen molar-refractivity contribution in [3.8, 4) is 5.75 Å². The maximum atomic E-state index is 13.4. The minimum Gasteiger partial charge on any atom is -0.497 e. The van der Waals surface area contributed by atoms with Gasteiger partial charge in [-0.15, -0.1) is 0 Å². The van der Waals surface area contributed by atoms with Crippen LogP contribution < -0.4 is 10.1 Å². The molecule has 2 rings (SSSR count). The third-order valence-electron chi connectivity index (χ3n) is 3.49. The van der Waals surface area contributed by atoms with Gasteiger partial charge in [0, 0.05) is 10.2 Å². The topological polar surface area (TPSA) is 56.8 Å². The molecule has 0 amide bonds. The third kappa shape index (κ3) is 5.32. The van der Waals surface area contributed by atoms with Gasteiger partial charge in [0.1, 0.15) is 5.75 Å². The smallest absolute Gasteiger partial charge is 0.357 e. The van der Waals surface area contributed by atoms with Gasteiger partial charge in [0.2, 0.25) is 0 Å². The molecule has 0 radical (unpaired) electrons. The fourth-order valence-corrected chi connectivity index (χ4v) is 4.60. The maximum absolute atomic E-state index is 13.4. The first kappa shape index (κ1) is 20.0. The number of rotatable bonds is 9. The summed E-state index contributed by atoms with van der Waals surface area (Å²) in [4.78, 5) is 0. The van der Waals surface area contributed by atoms with Crippen molar-refractivity contribution in [2.24, 2.45) is 0 Å². The average Bonchev–Trinajstić information content (AvgIpc) is 2.61. The zero-order valence-corrected chi connectivity index (χ0v) is 17.0. The Morgan fingerprint density at radius 1 is 1.08 bits per heavy atom. The number of halogens is 1. The summed E-state index contributed by atoms with van der Waals surface area (Å²) in [6.45, 7) is 4.18. The highest BCUT2D eigenvalue weighted by Gasteiger charge is 2.37. The second-order valence-corrected chi connectivity index (χ2v) is 8.23. The van der Waals surface area contributed by atoms with Crippen LogP contribution in [0.15, 0.2) is 53.0 Å². The van der Waals surface area contributed by atoms with Crippen LogP contribution >= 0.6 is 23.5 Å². The minimum atomic E-state index is -3.44. The van der Waals surface area contributed by atoms with Crippen LogP contribution in [0.1, 0.15) is 25.2 Å². The van der Waals surface area contributed by atoms with E-state index >= 15 is 0 Å². The molecule has 0 aromatic heterocycles. The maximum Gasteiger partial charge on any atom is 0.357 e. The van der Waals surface area contributed by atoms with Gasteiger partial charge in [-0.05, 0) is 55.8 Å². The summed E-state index contributed by atoms with van der Waals surface area (Å²) in [6, 6.07) is 15.0. The van der Waals surface area contributed by atoms with Crippen LogP contribution in [0.25, 0.3) is 0 Å². The van der Waals surface area contributed by atoms with E-state index in [1.165, 1.54) is 0 Å². The normalized spacial score (nSPS) is 12.6. The summed E-state index contributed by atoms with van der Waals surface area (Å²) in [7, 11) is -1.84. The summed E-state index contributed by atoms with van der Waals surface area (Å²) in [6.07, 6.45) is 0. The standard InChI is InChI=1S/C18H23BrNO4P/c1-4-23-25(21,24-5-2)18(14-7-6-8-17(13-14)22-3)20-16-11-9-15(19)10-12-16/h6-13,18,20H,4-5H2,1-3H3. The third-order valence-corrected chi connectivity index (χ3v) is 6.32. The summed E-state index contributed by atoms with van der Waals surface area (Å²) >= 11 is 3.42. The Balaban J connectivity index is 2.45. The Hall–Kier alpha value is -1.33. The number of ether oxygens (including phenoxy) is 1. The molecule has 0 bridgehead atoms. The van der Waals surface area contributed by atoms with Gasteiger partial charge in [-0.25, -0.2) is 0 Å². The molecule has 1 N–H and O–H groups in total. The lowest BCUT2D eigenvalue weighted by Crippen LogP contribution is -2.15. The molecule has 7 heteroatoms. The summed E-state index contributed by atoms with van der Waals surface area (Å²) in [5.41, 5.74) is 1.59. The molecule has 0 spiro atoms. The van der Waals surface area contributed by atoms with Gasteiger partial charge >= 0.3 is 7.60 Å². The molecule has 5 nitrogen and oxygen atoms in total. The van der Waals surface area contributed by atoms with Crippen LogP contribution in [0, 0.1) is 0 Å². The Labute approximate surface area is 157 Å². The zero-order valence-electron chi connectivity index (χ0n) is 14.6. The van der Waals surface area contributed by atoms with E-state index in [-0.39, 0.29) is 0 Å². The Kier molecular flexibility index (Phi) is 7.51. The van der Waals surface area contributed by atoms with Crippen molar-refractivity contribution >= 4 is 29.2 Å². The van der Waals surface area contributed by atoms with Crippen molar-refractivity contribution in [2.45, 2.75) is 19.6 Å². The lowest BCUT2D eigenvalue weighted by molar-refractivity contribution is 0.214. The van der Waals surface area contributed by atoms with E-state index in [1.807, 2.05) is 48.5 Å². The van der Waals surface area contributed by atoms with Crippen LogP contribution in [-0.4, -0.2) is 20.3 Å². The summed E-state index contributed by atoms with van der Waals surface area (Å²) < 4.78 is 30.8. The Bertz CT molecular complexity index is 713. The number of hydrogen-bond donors (Lipinski definition) is 1. The monoisotopic (exact) mass is 427 g/mol. The molecular weight excluding hydrogens is 405 g/mol. The van der Waals surface area contributed by atoms with E-state index in [0.29, 0.717) is 19.0 Å². The molecule has 1 atom stereocenters. The van der Waals surface area contributed by atoms with E-state index in [2.05, 4.69) is 21.2 Å². The van der Waals surface area contributed by atoms with Crippen molar-refractivity contribution in [3.05, 3.63) is 58.6 Å². The molecule has 0 saturated carbocycles. The summed E-state index contributed by atoms with van der Waals surface area (Å²) in [5.74, 6) is 0.0309. The molecule has 25 heavy (non-hydrogen) atoms. The molecule has 2 aromatic rings. The SMILES string of the molecule is CCOP(=O)(OCC)C(Nc1ccc(Br)cc1)c1cccc(OC)c1. The van der Waals surface area contributed by atoms with E-state index in [1.54, 1.807) is 21.0 Å². The number of hydrogen-bond acceptors (Lipinski definition) is 5. The van der Waals surface area contributed by atoms with Crippen molar-refractivity contribution in [1.82, 2.24) is 0 Å². The van der Waals surface area contributed by atoms with Gasteiger partial charge in [0.05, 0.1) is 20.3 Å². The largest absolute Gasteiger partial charge is 0.497 e. The molecule has 2 aromatic carbocycles. The quantitative estimate of drug-likeness (QED) is 0.509. The Morgan fingerprint density at radius 3 is 2.28 bits per heavy atom. The highest BCUT2D eigenvalue weighted by molar-refractivity contribution is 9.10. The van der Waals surface area contributed by atoms with Crippen LogP contribution in [0.4, 0.5) is 5.69 Å². The number of anilines is 1. The minimum absolute atomic E-state index is 0.291. The average molecular weight is 428 g/mol. The van der Waals surface area contributed by atoms with Crippen molar-refractivity contribution in [3.63, 3.8) is 0 Å². The lowest BCUT2D eigenvalue weighted by Gasteiger charge is -2.28. The zero-order chi connectivity index (χ0) is 18.3. The fourth-order valence-electron chi connectivity index (χ4n) is 2.41. The fraction of sp³-hybridized carbons (Fsp3) is 0.333. The first-order chi connectivity index (χ1) is 12.0. The van der Waals surface area contributed by atoms with Gasteiger partial charge in [-0.2, -0.15) is 0 Å². The molecule has 0 saturated heterocycles. The second kappa shape index (κ2) is 9.39. The highest BCUT2D eigenvalue weighted by Crippen LogP contribution is 2.61. The van der Waals surface area contributed by atoms with Crippen molar-refractivity contribution < 1.29 is 18.3 Å². The van der Waals surface area contributed by atoms with Crippen molar-refractivity contribution in [2.75, 3.05) is 25.6 Å². The number of methoxy groups -OCH3 is 1. The van der Waals surface area contributed by atoms with E-state index in [9.17, 15) is 4.57 Å². The molecule has 0 aliphatic carbocycles. The van der Waals surface area contributed by atoms with Gasteiger partial charge in [0.25, 0.3) is 0 Å². The molecule has 0 heterocycles. The van der Waals surface area contributed by atoms with Gasteiger partial charge in [0.15, 0.2) is 5.78 Å². The number of benzene rings is 2.